The summed E-state index contributed by atoms with van der Waals surface area (Å²) in [6, 6.07) is 13.8. The van der Waals surface area contributed by atoms with Crippen LogP contribution < -0.4 is 15.1 Å². The fourth-order valence-electron chi connectivity index (χ4n) is 3.68. The molecule has 1 aliphatic rings. The van der Waals surface area contributed by atoms with Crippen LogP contribution in [0.4, 0.5) is 5.13 Å². The first kappa shape index (κ1) is 17.6. The molecule has 0 saturated heterocycles. The lowest BCUT2D eigenvalue weighted by atomic mass is 9.98. The number of fused-ring (bicyclic) bond motifs is 2. The van der Waals surface area contributed by atoms with E-state index >= 15 is 0 Å². The van der Waals surface area contributed by atoms with Gasteiger partial charge in [-0.3, -0.25) is 14.5 Å². The van der Waals surface area contributed by atoms with E-state index in [1.54, 1.807) is 35.8 Å². The van der Waals surface area contributed by atoms with Crippen LogP contribution in [0.15, 0.2) is 69.3 Å². The van der Waals surface area contributed by atoms with Gasteiger partial charge >= 0.3 is 0 Å². The van der Waals surface area contributed by atoms with Crippen LogP contribution in [-0.2, 0) is 0 Å². The van der Waals surface area contributed by atoms with Gasteiger partial charge in [0.05, 0.1) is 23.6 Å². The molecular weight excluding hydrogens is 388 g/mol. The zero-order valence-electron chi connectivity index (χ0n) is 15.5. The summed E-state index contributed by atoms with van der Waals surface area (Å²) in [5.41, 5.74) is 1.33. The molecule has 1 aliphatic heterocycles. The van der Waals surface area contributed by atoms with Crippen molar-refractivity contribution in [1.29, 1.82) is 0 Å². The largest absolute Gasteiger partial charge is 0.494 e. The van der Waals surface area contributed by atoms with Crippen molar-refractivity contribution >= 4 is 33.3 Å². The van der Waals surface area contributed by atoms with Crippen molar-refractivity contribution in [2.24, 2.45) is 0 Å². The molecule has 0 unspecified atom stereocenters. The zero-order chi connectivity index (χ0) is 20.0. The second-order valence-corrected chi connectivity index (χ2v) is 7.44. The summed E-state index contributed by atoms with van der Waals surface area (Å²) < 4.78 is 11.4. The van der Waals surface area contributed by atoms with Crippen molar-refractivity contribution < 1.29 is 13.9 Å². The summed E-state index contributed by atoms with van der Waals surface area (Å²) in [7, 11) is 0. The van der Waals surface area contributed by atoms with Crippen LogP contribution in [0.3, 0.4) is 0 Å². The first-order chi connectivity index (χ1) is 14.2. The van der Waals surface area contributed by atoms with Gasteiger partial charge < -0.3 is 9.15 Å². The normalized spacial score (nSPS) is 15.7. The zero-order valence-corrected chi connectivity index (χ0v) is 16.3. The van der Waals surface area contributed by atoms with E-state index in [9.17, 15) is 9.59 Å². The summed E-state index contributed by atoms with van der Waals surface area (Å²) in [5, 5.41) is 2.77. The van der Waals surface area contributed by atoms with Crippen LogP contribution >= 0.6 is 11.3 Å². The third kappa shape index (κ3) is 2.74. The maximum absolute atomic E-state index is 13.4. The molecule has 0 aliphatic carbocycles. The summed E-state index contributed by atoms with van der Waals surface area (Å²) in [4.78, 5) is 32.5. The third-order valence-corrected chi connectivity index (χ3v) is 5.68. The van der Waals surface area contributed by atoms with Gasteiger partial charge in [-0.25, -0.2) is 4.98 Å². The predicted molar refractivity (Wildman–Crippen MR) is 111 cm³/mol. The van der Waals surface area contributed by atoms with Crippen molar-refractivity contribution in [2.45, 2.75) is 13.0 Å². The fraction of sp³-hybridized carbons (Fsp3) is 0.136. The van der Waals surface area contributed by atoms with Gasteiger partial charge in [-0.2, -0.15) is 0 Å². The minimum absolute atomic E-state index is 0.0720. The molecule has 29 heavy (non-hydrogen) atoms. The van der Waals surface area contributed by atoms with Crippen molar-refractivity contribution in [3.63, 3.8) is 0 Å². The molecule has 0 spiro atoms. The molecule has 4 aromatic rings. The number of rotatable bonds is 4. The first-order valence-electron chi connectivity index (χ1n) is 9.20. The Hall–Kier alpha value is -3.45. The first-order valence-corrected chi connectivity index (χ1v) is 10.1. The number of benzene rings is 2. The van der Waals surface area contributed by atoms with E-state index in [2.05, 4.69) is 4.98 Å². The van der Waals surface area contributed by atoms with E-state index in [1.165, 1.54) is 16.2 Å². The van der Waals surface area contributed by atoms with Crippen LogP contribution in [-0.4, -0.2) is 17.5 Å². The van der Waals surface area contributed by atoms with Crippen molar-refractivity contribution in [3.8, 4) is 5.75 Å². The molecular formula is C22H16N2O4S. The van der Waals surface area contributed by atoms with Crippen LogP contribution in [0.5, 0.6) is 5.75 Å². The van der Waals surface area contributed by atoms with Crippen molar-refractivity contribution in [2.75, 3.05) is 11.5 Å². The van der Waals surface area contributed by atoms with E-state index in [0.717, 1.165) is 11.3 Å². The molecule has 7 heteroatoms. The number of carbonyl (C=O) groups excluding carboxylic acids is 1. The Balaban J connectivity index is 1.75. The Bertz CT molecular complexity index is 1260. The molecule has 144 valence electrons. The Morgan fingerprint density at radius 2 is 1.93 bits per heavy atom. The average Bonchev–Trinajstić information content (AvgIpc) is 3.36. The highest BCUT2D eigenvalue weighted by Crippen LogP contribution is 2.42. The summed E-state index contributed by atoms with van der Waals surface area (Å²) in [5.74, 6) is 0.437. The molecule has 6 nitrogen and oxygen atoms in total. The summed E-state index contributed by atoms with van der Waals surface area (Å²) in [6.45, 7) is 2.48. The van der Waals surface area contributed by atoms with Crippen molar-refractivity contribution in [3.05, 3.63) is 87.2 Å². The molecule has 0 bridgehead atoms. The lowest BCUT2D eigenvalue weighted by Crippen LogP contribution is -2.29. The molecule has 2 aromatic carbocycles. The number of carbonyl (C=O) groups is 1. The van der Waals surface area contributed by atoms with Gasteiger partial charge in [0.1, 0.15) is 11.3 Å². The minimum atomic E-state index is -0.611. The molecule has 0 fully saturated rings. The molecule has 5 rings (SSSR count). The molecule has 3 heterocycles. The molecule has 1 amide bonds. The summed E-state index contributed by atoms with van der Waals surface area (Å²) in [6.07, 6.45) is 1.64. The number of nitrogens with zero attached hydrogens (tertiary/aromatic N) is 2. The lowest BCUT2D eigenvalue weighted by Gasteiger charge is -2.22. The van der Waals surface area contributed by atoms with E-state index in [4.69, 9.17) is 9.15 Å². The number of anilines is 1. The number of amides is 1. The maximum atomic E-state index is 13.4. The summed E-state index contributed by atoms with van der Waals surface area (Å²) >= 11 is 1.34. The second kappa shape index (κ2) is 6.86. The van der Waals surface area contributed by atoms with E-state index < -0.39 is 6.04 Å². The second-order valence-electron chi connectivity index (χ2n) is 6.56. The molecule has 0 radical (unpaired) electrons. The van der Waals surface area contributed by atoms with Crippen LogP contribution in [0.1, 0.15) is 34.6 Å². The molecule has 0 N–H and O–H groups in total. The lowest BCUT2D eigenvalue weighted by molar-refractivity contribution is 0.0971. The van der Waals surface area contributed by atoms with Crippen LogP contribution in [0, 0.1) is 0 Å². The van der Waals surface area contributed by atoms with E-state index in [1.807, 2.05) is 31.2 Å². The maximum Gasteiger partial charge on any atom is 0.297 e. The highest BCUT2D eigenvalue weighted by molar-refractivity contribution is 7.13. The Labute approximate surface area is 170 Å². The van der Waals surface area contributed by atoms with Crippen molar-refractivity contribution in [1.82, 2.24) is 4.98 Å². The van der Waals surface area contributed by atoms with Gasteiger partial charge in [0.15, 0.2) is 10.6 Å². The number of para-hydroxylation sites is 1. The van der Waals surface area contributed by atoms with Crippen LogP contribution in [0.2, 0.25) is 0 Å². The predicted octanol–water partition coefficient (Wildman–Crippen LogP) is 4.40. The average molecular weight is 404 g/mol. The van der Waals surface area contributed by atoms with Gasteiger partial charge in [0, 0.05) is 11.6 Å². The number of aromatic nitrogens is 1. The van der Waals surface area contributed by atoms with Gasteiger partial charge in [-0.05, 0) is 36.8 Å². The fourth-order valence-corrected chi connectivity index (χ4v) is 4.35. The molecule has 0 saturated carbocycles. The Morgan fingerprint density at radius 1 is 1.14 bits per heavy atom. The number of ether oxygens (including phenoxy) is 1. The third-order valence-electron chi connectivity index (χ3n) is 4.91. The highest BCUT2D eigenvalue weighted by Gasteiger charge is 2.44. The van der Waals surface area contributed by atoms with Gasteiger partial charge in [-0.1, -0.05) is 24.3 Å². The molecule has 1 atom stereocenters. The van der Waals surface area contributed by atoms with E-state index in [0.29, 0.717) is 28.3 Å². The Kier molecular flexibility index (Phi) is 4.17. The standard InChI is InChI=1S/C22H16N2O4S/c1-2-27-14-9-7-13(8-10-14)18-17-19(25)15-5-3-4-6-16(15)28-20(17)21(26)24(18)22-23-11-12-29-22/h3-12,18H,2H2,1H3/t18-/m0/s1. The topological polar surface area (TPSA) is 72.6 Å². The number of hydrogen-bond acceptors (Lipinski definition) is 6. The van der Waals surface area contributed by atoms with Crippen LogP contribution in [0.25, 0.3) is 11.0 Å². The van der Waals surface area contributed by atoms with Gasteiger partial charge in [0.2, 0.25) is 5.76 Å². The van der Waals surface area contributed by atoms with Gasteiger partial charge in [-0.15, -0.1) is 11.3 Å². The molecule has 2 aromatic heterocycles. The number of hydrogen-bond donors (Lipinski definition) is 0. The monoisotopic (exact) mass is 404 g/mol. The van der Waals surface area contributed by atoms with E-state index in [-0.39, 0.29) is 17.1 Å². The highest BCUT2D eigenvalue weighted by atomic mass is 32.1. The Morgan fingerprint density at radius 3 is 2.66 bits per heavy atom. The quantitative estimate of drug-likeness (QED) is 0.504. The number of thiazole rings is 1. The van der Waals surface area contributed by atoms with Gasteiger partial charge in [0.25, 0.3) is 5.91 Å². The SMILES string of the molecule is CCOc1ccc([C@H]2c3c(oc4ccccc4c3=O)C(=O)N2c2nccs2)cc1. The minimum Gasteiger partial charge on any atom is -0.494 e. The smallest absolute Gasteiger partial charge is 0.297 e.